The van der Waals surface area contributed by atoms with Crippen molar-refractivity contribution in [3.8, 4) is 0 Å². The number of nitrogens with zero attached hydrogens (tertiary/aromatic N) is 3. The molecular formula is C12H18ClN5. The van der Waals surface area contributed by atoms with Crippen LogP contribution in [0, 0.1) is 0 Å². The molecule has 2 aromatic rings. The Morgan fingerprint density at radius 2 is 2.33 bits per heavy atom. The number of nitrogens with two attached hydrogens (primary N) is 1. The van der Waals surface area contributed by atoms with Gasteiger partial charge >= 0.3 is 0 Å². The number of halogens is 1. The van der Waals surface area contributed by atoms with Crippen LogP contribution < -0.4 is 10.6 Å². The molecule has 1 unspecified atom stereocenters. The first kappa shape index (κ1) is 13.1. The number of rotatable bonds is 2. The van der Waals surface area contributed by atoms with Crippen molar-refractivity contribution >= 4 is 29.5 Å². The highest BCUT2D eigenvalue weighted by Gasteiger charge is 2.23. The highest BCUT2D eigenvalue weighted by atomic mass is 35.5. The fourth-order valence-corrected chi connectivity index (χ4v) is 2.49. The van der Waals surface area contributed by atoms with Gasteiger partial charge in [-0.25, -0.2) is 4.98 Å². The van der Waals surface area contributed by atoms with E-state index in [4.69, 9.17) is 5.73 Å². The second-order valence-electron chi connectivity index (χ2n) is 4.51. The van der Waals surface area contributed by atoms with Crippen LogP contribution in [0.3, 0.4) is 0 Å². The largest absolute Gasteiger partial charge is 0.338 e. The van der Waals surface area contributed by atoms with Gasteiger partial charge in [0.1, 0.15) is 0 Å². The number of aromatic amines is 1. The summed E-state index contributed by atoms with van der Waals surface area (Å²) in [6.45, 7) is 1.71. The average Bonchev–Trinajstić information content (AvgIpc) is 2.82. The molecule has 18 heavy (non-hydrogen) atoms. The molecule has 3 N–H and O–H groups in total. The van der Waals surface area contributed by atoms with Crippen LogP contribution in [-0.4, -0.2) is 34.1 Å². The molecule has 0 amide bonds. The zero-order valence-electron chi connectivity index (χ0n) is 10.2. The minimum absolute atomic E-state index is 0. The molecule has 0 spiro atoms. The van der Waals surface area contributed by atoms with Crippen molar-refractivity contribution in [2.24, 2.45) is 5.73 Å². The summed E-state index contributed by atoms with van der Waals surface area (Å²) in [6, 6.07) is 4.32. The van der Waals surface area contributed by atoms with E-state index >= 15 is 0 Å². The molecule has 2 aromatic heterocycles. The van der Waals surface area contributed by atoms with E-state index in [-0.39, 0.29) is 12.4 Å². The Morgan fingerprint density at radius 1 is 1.44 bits per heavy atom. The summed E-state index contributed by atoms with van der Waals surface area (Å²) >= 11 is 0. The lowest BCUT2D eigenvalue weighted by molar-refractivity contribution is 0.459. The first-order valence-electron chi connectivity index (χ1n) is 6.16. The van der Waals surface area contributed by atoms with Gasteiger partial charge in [0, 0.05) is 25.3 Å². The Morgan fingerprint density at radius 3 is 3.11 bits per heavy atom. The maximum Gasteiger partial charge on any atom is 0.205 e. The van der Waals surface area contributed by atoms with Gasteiger partial charge in [0.25, 0.3) is 0 Å². The predicted molar refractivity (Wildman–Crippen MR) is 75.2 cm³/mol. The molecule has 3 rings (SSSR count). The second-order valence-corrected chi connectivity index (χ2v) is 4.51. The number of fused-ring (bicyclic) bond motifs is 1. The first-order chi connectivity index (χ1) is 8.38. The number of aromatic nitrogens is 3. The van der Waals surface area contributed by atoms with E-state index in [0.717, 1.165) is 30.1 Å². The fourth-order valence-electron chi connectivity index (χ4n) is 2.49. The lowest BCUT2D eigenvalue weighted by atomic mass is 10.0. The van der Waals surface area contributed by atoms with Crippen molar-refractivity contribution in [1.82, 2.24) is 15.0 Å². The van der Waals surface area contributed by atoms with Gasteiger partial charge in [-0.3, -0.25) is 0 Å². The molecule has 1 aliphatic heterocycles. The van der Waals surface area contributed by atoms with Gasteiger partial charge in [-0.2, -0.15) is 4.98 Å². The maximum absolute atomic E-state index is 5.83. The van der Waals surface area contributed by atoms with Crippen molar-refractivity contribution in [1.29, 1.82) is 0 Å². The summed E-state index contributed by atoms with van der Waals surface area (Å²) in [7, 11) is 0. The quantitative estimate of drug-likeness (QED) is 0.869. The smallest absolute Gasteiger partial charge is 0.205 e. The molecule has 0 aliphatic carbocycles. The molecule has 5 nitrogen and oxygen atoms in total. The number of pyridine rings is 1. The molecule has 98 valence electrons. The molecule has 6 heteroatoms. The van der Waals surface area contributed by atoms with Crippen LogP contribution in [0.5, 0.6) is 0 Å². The topological polar surface area (TPSA) is 70.8 Å². The molecule has 0 radical (unpaired) electrons. The Kier molecular flexibility index (Phi) is 4.04. The number of hydrogen-bond acceptors (Lipinski definition) is 4. The SMILES string of the molecule is Cl.NCC1CCCCN1c1nc2ncccc2[nH]1. The summed E-state index contributed by atoms with van der Waals surface area (Å²) in [4.78, 5) is 14.4. The number of hydrogen-bond donors (Lipinski definition) is 2. The van der Waals surface area contributed by atoms with Crippen LogP contribution in [0.25, 0.3) is 11.2 Å². The minimum atomic E-state index is 0. The third kappa shape index (κ3) is 2.28. The monoisotopic (exact) mass is 267 g/mol. The lowest BCUT2D eigenvalue weighted by Gasteiger charge is -2.34. The van der Waals surface area contributed by atoms with Crippen LogP contribution >= 0.6 is 12.4 Å². The Hall–Kier alpha value is -1.33. The van der Waals surface area contributed by atoms with Crippen LogP contribution in [0.1, 0.15) is 19.3 Å². The summed E-state index contributed by atoms with van der Waals surface area (Å²) in [6.07, 6.45) is 5.39. The number of anilines is 1. The average molecular weight is 268 g/mol. The molecule has 1 fully saturated rings. The van der Waals surface area contributed by atoms with Gasteiger partial charge in [0.2, 0.25) is 5.95 Å². The first-order valence-corrected chi connectivity index (χ1v) is 6.16. The van der Waals surface area contributed by atoms with E-state index in [1.807, 2.05) is 12.1 Å². The third-order valence-corrected chi connectivity index (χ3v) is 3.42. The van der Waals surface area contributed by atoms with E-state index < -0.39 is 0 Å². The summed E-state index contributed by atoms with van der Waals surface area (Å²) in [5.41, 5.74) is 7.60. The van der Waals surface area contributed by atoms with Gasteiger partial charge in [-0.15, -0.1) is 12.4 Å². The number of H-pyrrole nitrogens is 1. The van der Waals surface area contributed by atoms with Crippen LogP contribution in [-0.2, 0) is 0 Å². The van der Waals surface area contributed by atoms with E-state index in [9.17, 15) is 0 Å². The van der Waals surface area contributed by atoms with E-state index in [1.165, 1.54) is 12.8 Å². The molecule has 1 atom stereocenters. The summed E-state index contributed by atoms with van der Waals surface area (Å²) in [5, 5.41) is 0. The highest BCUT2D eigenvalue weighted by Crippen LogP contribution is 2.23. The number of piperidine rings is 1. The van der Waals surface area contributed by atoms with Crippen LogP contribution in [0.2, 0.25) is 0 Å². The number of imidazole rings is 1. The zero-order valence-corrected chi connectivity index (χ0v) is 11.0. The summed E-state index contributed by atoms with van der Waals surface area (Å²) < 4.78 is 0. The van der Waals surface area contributed by atoms with Crippen molar-refractivity contribution in [3.63, 3.8) is 0 Å². The molecule has 0 aromatic carbocycles. The van der Waals surface area contributed by atoms with E-state index in [1.54, 1.807) is 6.20 Å². The van der Waals surface area contributed by atoms with Gasteiger partial charge in [0.05, 0.1) is 5.52 Å². The molecule has 1 saturated heterocycles. The Bertz CT molecular complexity index is 479. The van der Waals surface area contributed by atoms with Crippen molar-refractivity contribution in [2.75, 3.05) is 18.0 Å². The molecular weight excluding hydrogens is 250 g/mol. The van der Waals surface area contributed by atoms with Gasteiger partial charge in [-0.05, 0) is 31.4 Å². The van der Waals surface area contributed by atoms with Gasteiger partial charge < -0.3 is 15.6 Å². The normalized spacial score (nSPS) is 19.8. The zero-order chi connectivity index (χ0) is 11.7. The lowest BCUT2D eigenvalue weighted by Crippen LogP contribution is -2.44. The van der Waals surface area contributed by atoms with Gasteiger partial charge in [0.15, 0.2) is 5.65 Å². The van der Waals surface area contributed by atoms with Crippen molar-refractivity contribution in [2.45, 2.75) is 25.3 Å². The molecule has 0 saturated carbocycles. The van der Waals surface area contributed by atoms with Crippen molar-refractivity contribution in [3.05, 3.63) is 18.3 Å². The third-order valence-electron chi connectivity index (χ3n) is 3.42. The molecule has 1 aliphatic rings. The van der Waals surface area contributed by atoms with Gasteiger partial charge in [-0.1, -0.05) is 0 Å². The predicted octanol–water partition coefficient (Wildman–Crippen LogP) is 1.70. The van der Waals surface area contributed by atoms with Crippen molar-refractivity contribution < 1.29 is 0 Å². The molecule has 3 heterocycles. The Balaban J connectivity index is 0.00000120. The summed E-state index contributed by atoms with van der Waals surface area (Å²) in [5.74, 6) is 0.911. The molecule has 0 bridgehead atoms. The number of nitrogens with one attached hydrogen (secondary N) is 1. The minimum Gasteiger partial charge on any atom is -0.338 e. The Labute approximate surface area is 112 Å². The second kappa shape index (κ2) is 5.54. The van der Waals surface area contributed by atoms with Crippen LogP contribution in [0.4, 0.5) is 5.95 Å². The van der Waals surface area contributed by atoms with E-state index in [2.05, 4.69) is 19.9 Å². The van der Waals surface area contributed by atoms with E-state index in [0.29, 0.717) is 12.6 Å². The highest BCUT2D eigenvalue weighted by molar-refractivity contribution is 5.85. The van der Waals surface area contributed by atoms with Crippen LogP contribution in [0.15, 0.2) is 18.3 Å². The fraction of sp³-hybridized carbons (Fsp3) is 0.500. The maximum atomic E-state index is 5.83. The standard InChI is InChI=1S/C12H17N5.ClH/c13-8-9-4-1-2-7-17(9)12-15-10-5-3-6-14-11(10)16-12;/h3,5-6,9H,1-2,4,7-8,13H2,(H,14,15,16);1H.